The zero-order valence-corrected chi connectivity index (χ0v) is 19.1. The Bertz CT molecular complexity index is 1020. The minimum atomic E-state index is -1.48. The molecule has 0 aliphatic heterocycles. The lowest BCUT2D eigenvalue weighted by Gasteiger charge is -2.36. The molecule has 0 spiro atoms. The maximum Gasteiger partial charge on any atom is 0.408 e. The molecule has 1 amide bonds. The largest absolute Gasteiger partial charge is 0.449 e. The number of nitrogens with one attached hydrogen (secondary N) is 1. The Morgan fingerprint density at radius 3 is 2.09 bits per heavy atom. The van der Waals surface area contributed by atoms with Gasteiger partial charge in [0.2, 0.25) is 0 Å². The summed E-state index contributed by atoms with van der Waals surface area (Å²) in [6, 6.07) is 16.1. The lowest BCUT2D eigenvalue weighted by Crippen LogP contribution is -2.61. The Balaban J connectivity index is 1.77. The number of benzene rings is 2. The maximum atomic E-state index is 12.8. The molecule has 2 atom stereocenters. The summed E-state index contributed by atoms with van der Waals surface area (Å²) < 4.78 is 11.5. The quantitative estimate of drug-likeness (QED) is 0.397. The first-order valence-electron chi connectivity index (χ1n) is 10.6. The van der Waals surface area contributed by atoms with Gasteiger partial charge in [-0.1, -0.05) is 48.5 Å². The number of amides is 1. The number of hydrogen-bond acceptors (Lipinski definition) is 4. The first kappa shape index (κ1) is 23.4. The second-order valence-electron chi connectivity index (χ2n) is 9.13. The van der Waals surface area contributed by atoms with Crippen molar-refractivity contribution in [1.29, 1.82) is 0 Å². The molecular weight excluding hydrogens is 406 g/mol. The van der Waals surface area contributed by atoms with Crippen molar-refractivity contribution in [1.82, 2.24) is 5.32 Å². The van der Waals surface area contributed by atoms with Crippen LogP contribution >= 0.6 is 0 Å². The van der Waals surface area contributed by atoms with E-state index in [2.05, 4.69) is 22.2 Å². The third-order valence-electron chi connectivity index (χ3n) is 5.74. The lowest BCUT2D eigenvalue weighted by atomic mass is 9.90. The van der Waals surface area contributed by atoms with Crippen LogP contribution in [0.4, 0.5) is 4.79 Å². The first-order valence-corrected chi connectivity index (χ1v) is 10.6. The number of nitrogens with zero attached hydrogens (tertiary/aromatic N) is 2. The van der Waals surface area contributed by atoms with Crippen molar-refractivity contribution in [2.75, 3.05) is 6.61 Å². The molecule has 7 nitrogen and oxygen atoms in total. The number of carbonyl (C=O) groups excluding carboxylic acids is 2. The Morgan fingerprint density at radius 1 is 1.06 bits per heavy atom. The van der Waals surface area contributed by atoms with Gasteiger partial charge in [0.05, 0.1) is 11.7 Å². The highest BCUT2D eigenvalue weighted by Crippen LogP contribution is 2.44. The Labute approximate surface area is 188 Å². The summed E-state index contributed by atoms with van der Waals surface area (Å²) >= 11 is 0. The second-order valence-corrected chi connectivity index (χ2v) is 9.13. The minimum absolute atomic E-state index is 0.0997. The highest BCUT2D eigenvalue weighted by Gasteiger charge is 2.44. The topological polar surface area (TPSA) is 101 Å². The number of ketones is 1. The summed E-state index contributed by atoms with van der Waals surface area (Å²) in [4.78, 5) is 28.3. The Kier molecular flexibility index (Phi) is 6.63. The predicted octanol–water partition coefficient (Wildman–Crippen LogP) is 4.36. The van der Waals surface area contributed by atoms with E-state index in [4.69, 9.17) is 15.0 Å². The molecule has 0 fully saturated rings. The standard InChI is InChI=1S/C25H29N3O4/c1-16(32-24(2,3)4)25(5,22(29)14-27-26)28-23(30)31-15-21-19-12-8-6-10-17(19)18-11-7-9-13-20(18)21/h6-14,16,21H,15H2,1-5H3,(H,28,30)/t16-,25+/m0/s1. The van der Waals surface area contributed by atoms with E-state index >= 15 is 0 Å². The number of fused-ring (bicyclic) bond motifs is 3. The van der Waals surface area contributed by atoms with Crippen molar-refractivity contribution in [2.24, 2.45) is 0 Å². The zero-order chi connectivity index (χ0) is 23.5. The van der Waals surface area contributed by atoms with Crippen LogP contribution in [0.5, 0.6) is 0 Å². The fraction of sp³-hybridized carbons (Fsp3) is 0.400. The fourth-order valence-corrected chi connectivity index (χ4v) is 4.04. The van der Waals surface area contributed by atoms with Crippen LogP contribution in [-0.2, 0) is 14.3 Å². The van der Waals surface area contributed by atoms with Gasteiger partial charge < -0.3 is 20.3 Å². The van der Waals surface area contributed by atoms with E-state index in [1.54, 1.807) is 6.92 Å². The highest BCUT2D eigenvalue weighted by atomic mass is 16.6. The van der Waals surface area contributed by atoms with Gasteiger partial charge >= 0.3 is 12.3 Å². The van der Waals surface area contributed by atoms with Crippen molar-refractivity contribution in [2.45, 2.75) is 57.8 Å². The van der Waals surface area contributed by atoms with Crippen molar-refractivity contribution in [3.8, 4) is 11.1 Å². The van der Waals surface area contributed by atoms with Crippen LogP contribution in [-0.4, -0.2) is 46.7 Å². The van der Waals surface area contributed by atoms with Crippen molar-refractivity contribution >= 4 is 18.1 Å². The normalized spacial score (nSPS) is 15.5. The zero-order valence-electron chi connectivity index (χ0n) is 19.1. The summed E-state index contributed by atoms with van der Waals surface area (Å²) in [7, 11) is 0. The molecule has 1 aliphatic carbocycles. The number of rotatable bonds is 7. The van der Waals surface area contributed by atoms with Crippen LogP contribution in [0.25, 0.3) is 16.7 Å². The van der Waals surface area contributed by atoms with E-state index in [0.29, 0.717) is 0 Å². The van der Waals surface area contributed by atoms with E-state index in [1.165, 1.54) is 6.92 Å². The highest BCUT2D eigenvalue weighted by molar-refractivity contribution is 6.30. The molecule has 0 radical (unpaired) electrons. The molecule has 0 bridgehead atoms. The molecule has 0 aromatic heterocycles. The van der Waals surface area contributed by atoms with Gasteiger partial charge in [0.1, 0.15) is 12.1 Å². The van der Waals surface area contributed by atoms with E-state index in [0.717, 1.165) is 28.5 Å². The van der Waals surface area contributed by atoms with Gasteiger partial charge in [0.15, 0.2) is 0 Å². The van der Waals surface area contributed by atoms with Crippen LogP contribution in [0.2, 0.25) is 0 Å². The molecule has 2 aromatic rings. The molecular formula is C25H29N3O4. The monoisotopic (exact) mass is 435 g/mol. The second kappa shape index (κ2) is 9.07. The Hall–Kier alpha value is -3.28. The molecule has 3 rings (SSSR count). The van der Waals surface area contributed by atoms with E-state index in [1.807, 2.05) is 57.2 Å². The number of hydrogen-bond donors (Lipinski definition) is 1. The van der Waals surface area contributed by atoms with Crippen molar-refractivity contribution < 1.29 is 23.9 Å². The van der Waals surface area contributed by atoms with Gasteiger partial charge in [-0.2, -0.15) is 4.79 Å². The average Bonchev–Trinajstić information content (AvgIpc) is 3.05. The minimum Gasteiger partial charge on any atom is -0.449 e. The molecule has 7 heteroatoms. The third-order valence-corrected chi connectivity index (χ3v) is 5.74. The van der Waals surface area contributed by atoms with E-state index in [9.17, 15) is 9.59 Å². The molecule has 0 saturated heterocycles. The Morgan fingerprint density at radius 2 is 1.59 bits per heavy atom. The third kappa shape index (κ3) is 4.79. The van der Waals surface area contributed by atoms with Crippen LogP contribution in [0.15, 0.2) is 48.5 Å². The van der Waals surface area contributed by atoms with Crippen LogP contribution < -0.4 is 5.32 Å². The van der Waals surface area contributed by atoms with Gasteiger partial charge in [-0.05, 0) is 56.9 Å². The maximum absolute atomic E-state index is 12.8. The lowest BCUT2D eigenvalue weighted by molar-refractivity contribution is -0.134. The van der Waals surface area contributed by atoms with Gasteiger partial charge in [-0.25, -0.2) is 4.79 Å². The SMILES string of the molecule is C[C@H](OC(C)(C)C)[C@@](C)(NC(=O)OCC1c2ccccc2-c2ccccc21)C(=O)C=[N+]=[N-]. The number of Topliss-reactive ketones (excluding diaryl/α,β-unsaturated/α-hetero) is 1. The van der Waals surface area contributed by atoms with Crippen LogP contribution in [0, 0.1) is 0 Å². The van der Waals surface area contributed by atoms with E-state index < -0.39 is 29.1 Å². The molecule has 2 aromatic carbocycles. The summed E-state index contributed by atoms with van der Waals surface area (Å²) in [5.41, 5.74) is 11.3. The molecule has 0 saturated carbocycles. The summed E-state index contributed by atoms with van der Waals surface area (Å²) in [6.45, 7) is 8.87. The van der Waals surface area contributed by atoms with Crippen molar-refractivity contribution in [3.63, 3.8) is 0 Å². The number of carbonyl (C=O) groups is 2. The summed E-state index contributed by atoms with van der Waals surface area (Å²) in [5, 5.41) is 2.63. The average molecular weight is 436 g/mol. The molecule has 0 unspecified atom stereocenters. The van der Waals surface area contributed by atoms with Gasteiger partial charge in [0, 0.05) is 5.92 Å². The van der Waals surface area contributed by atoms with Gasteiger partial charge in [-0.3, -0.25) is 4.79 Å². The van der Waals surface area contributed by atoms with Gasteiger partial charge in [-0.15, -0.1) is 0 Å². The van der Waals surface area contributed by atoms with Crippen molar-refractivity contribution in [3.05, 3.63) is 65.2 Å². The molecule has 168 valence electrons. The smallest absolute Gasteiger partial charge is 0.408 e. The predicted molar refractivity (Wildman–Crippen MR) is 122 cm³/mol. The summed E-state index contributed by atoms with van der Waals surface area (Å²) in [6.07, 6.45) is -0.710. The number of alkyl carbamates (subject to hydrolysis) is 1. The molecule has 32 heavy (non-hydrogen) atoms. The van der Waals surface area contributed by atoms with Gasteiger partial charge in [0.25, 0.3) is 5.78 Å². The van der Waals surface area contributed by atoms with E-state index in [-0.39, 0.29) is 12.5 Å². The van der Waals surface area contributed by atoms with Crippen LogP contribution in [0.1, 0.15) is 51.7 Å². The molecule has 1 N–H and O–H groups in total. The fourth-order valence-electron chi connectivity index (χ4n) is 4.04. The van der Waals surface area contributed by atoms with Crippen LogP contribution in [0.3, 0.4) is 0 Å². The number of ether oxygens (including phenoxy) is 2. The molecule has 1 aliphatic rings. The molecule has 0 heterocycles. The first-order chi connectivity index (χ1) is 15.1. The summed E-state index contributed by atoms with van der Waals surface area (Å²) in [5.74, 6) is -0.706.